The lowest BCUT2D eigenvalue weighted by Crippen LogP contribution is -2.40. The quantitative estimate of drug-likeness (QED) is 0.920. The Labute approximate surface area is 117 Å². The lowest BCUT2D eigenvalue weighted by atomic mass is 10.1. The van der Waals surface area contributed by atoms with E-state index in [0.29, 0.717) is 12.4 Å². The third kappa shape index (κ3) is 3.36. The third-order valence-electron chi connectivity index (χ3n) is 3.14. The second kappa shape index (κ2) is 6.21. The van der Waals surface area contributed by atoms with Gasteiger partial charge in [-0.05, 0) is 31.9 Å². The molecule has 1 atom stereocenters. The maximum Gasteiger partial charge on any atom is 0.356 e. The number of halogens is 1. The Balaban J connectivity index is 2.17. The number of anilines is 1. The molecule has 104 valence electrons. The van der Waals surface area contributed by atoms with Gasteiger partial charge in [0.2, 0.25) is 0 Å². The average Bonchev–Trinajstić information content (AvgIpc) is 2.39. The van der Waals surface area contributed by atoms with E-state index in [4.69, 9.17) is 21.4 Å². The number of aromatic nitrogens is 1. The Morgan fingerprint density at radius 2 is 2.42 bits per heavy atom. The van der Waals surface area contributed by atoms with Crippen LogP contribution in [0.15, 0.2) is 12.1 Å². The predicted molar refractivity (Wildman–Crippen MR) is 73.1 cm³/mol. The van der Waals surface area contributed by atoms with Crippen molar-refractivity contribution in [1.29, 1.82) is 0 Å². The first-order valence-corrected chi connectivity index (χ1v) is 6.76. The standard InChI is InChI=1S/C13H17ClN2O3/c1-2-19-9-4-3-7-16(8-9)11-6-5-10(14)12(15-11)13(17)18/h5-6,9H,2-4,7-8H2,1H3,(H,17,18). The van der Waals surface area contributed by atoms with Crippen molar-refractivity contribution in [3.63, 3.8) is 0 Å². The summed E-state index contributed by atoms with van der Waals surface area (Å²) >= 11 is 5.82. The number of hydrogen-bond donors (Lipinski definition) is 1. The molecule has 0 spiro atoms. The van der Waals surface area contributed by atoms with Crippen LogP contribution in [0.5, 0.6) is 0 Å². The zero-order valence-electron chi connectivity index (χ0n) is 10.8. The van der Waals surface area contributed by atoms with Crippen molar-refractivity contribution < 1.29 is 14.6 Å². The van der Waals surface area contributed by atoms with E-state index in [0.717, 1.165) is 25.9 Å². The minimum Gasteiger partial charge on any atom is -0.476 e. The van der Waals surface area contributed by atoms with Crippen molar-refractivity contribution >= 4 is 23.4 Å². The lowest BCUT2D eigenvalue weighted by molar-refractivity contribution is 0.0525. The summed E-state index contributed by atoms with van der Waals surface area (Å²) in [7, 11) is 0. The molecule has 2 rings (SSSR count). The molecule has 6 heteroatoms. The molecule has 1 aromatic heterocycles. The summed E-state index contributed by atoms with van der Waals surface area (Å²) in [5, 5.41) is 9.20. The van der Waals surface area contributed by atoms with E-state index in [-0.39, 0.29) is 16.8 Å². The Morgan fingerprint density at radius 3 is 3.11 bits per heavy atom. The fraction of sp³-hybridized carbons (Fsp3) is 0.538. The van der Waals surface area contributed by atoms with Gasteiger partial charge >= 0.3 is 5.97 Å². The zero-order valence-corrected chi connectivity index (χ0v) is 11.6. The Bertz CT molecular complexity index is 465. The number of carboxylic acid groups (broad SMARTS) is 1. The van der Waals surface area contributed by atoms with Crippen molar-refractivity contribution in [2.75, 3.05) is 24.6 Å². The number of carbonyl (C=O) groups is 1. The number of carboxylic acids is 1. The van der Waals surface area contributed by atoms with Crippen LogP contribution in [0.2, 0.25) is 5.02 Å². The van der Waals surface area contributed by atoms with Gasteiger partial charge in [0.1, 0.15) is 5.82 Å². The molecule has 2 heterocycles. The molecule has 0 radical (unpaired) electrons. The SMILES string of the molecule is CCOC1CCCN(c2ccc(Cl)c(C(=O)O)n2)C1. The Hall–Kier alpha value is -1.33. The molecule has 1 N–H and O–H groups in total. The van der Waals surface area contributed by atoms with Crippen molar-refractivity contribution in [2.45, 2.75) is 25.9 Å². The predicted octanol–water partition coefficient (Wildman–Crippen LogP) is 2.44. The zero-order chi connectivity index (χ0) is 13.8. The van der Waals surface area contributed by atoms with Crippen molar-refractivity contribution in [1.82, 2.24) is 4.98 Å². The van der Waals surface area contributed by atoms with Gasteiger partial charge in [-0.15, -0.1) is 0 Å². The van der Waals surface area contributed by atoms with Crippen LogP contribution in [-0.4, -0.2) is 41.9 Å². The van der Waals surface area contributed by atoms with Crippen LogP contribution in [0.25, 0.3) is 0 Å². The van der Waals surface area contributed by atoms with Crippen molar-refractivity contribution in [2.24, 2.45) is 0 Å². The van der Waals surface area contributed by atoms with Crippen LogP contribution in [0, 0.1) is 0 Å². The molecule has 0 amide bonds. The van der Waals surface area contributed by atoms with E-state index < -0.39 is 5.97 Å². The van der Waals surface area contributed by atoms with Gasteiger partial charge in [-0.1, -0.05) is 11.6 Å². The molecule has 0 aromatic carbocycles. The summed E-state index contributed by atoms with van der Waals surface area (Å²) in [4.78, 5) is 17.2. The molecular formula is C13H17ClN2O3. The van der Waals surface area contributed by atoms with Crippen molar-refractivity contribution in [3.05, 3.63) is 22.8 Å². The number of piperidine rings is 1. The molecule has 1 saturated heterocycles. The summed E-state index contributed by atoms with van der Waals surface area (Å²) in [6, 6.07) is 3.33. The molecule has 1 aromatic rings. The van der Waals surface area contributed by atoms with Crippen LogP contribution in [0.4, 0.5) is 5.82 Å². The van der Waals surface area contributed by atoms with Gasteiger partial charge < -0.3 is 14.7 Å². The molecular weight excluding hydrogens is 268 g/mol. The smallest absolute Gasteiger partial charge is 0.356 e. The number of hydrogen-bond acceptors (Lipinski definition) is 4. The molecule has 1 aliphatic rings. The highest BCUT2D eigenvalue weighted by molar-refractivity contribution is 6.33. The summed E-state index contributed by atoms with van der Waals surface area (Å²) in [6.45, 7) is 4.26. The topological polar surface area (TPSA) is 62.7 Å². The van der Waals surface area contributed by atoms with E-state index in [2.05, 4.69) is 4.98 Å². The van der Waals surface area contributed by atoms with Gasteiger partial charge in [0, 0.05) is 19.7 Å². The Kier molecular flexibility index (Phi) is 4.61. The van der Waals surface area contributed by atoms with Crippen LogP contribution in [0.3, 0.4) is 0 Å². The van der Waals surface area contributed by atoms with Crippen LogP contribution < -0.4 is 4.90 Å². The molecule has 1 aliphatic heterocycles. The highest BCUT2D eigenvalue weighted by atomic mass is 35.5. The normalized spacial score (nSPS) is 19.5. The molecule has 19 heavy (non-hydrogen) atoms. The number of pyridine rings is 1. The third-order valence-corrected chi connectivity index (χ3v) is 3.44. The summed E-state index contributed by atoms with van der Waals surface area (Å²) in [5.41, 5.74) is -0.0994. The average molecular weight is 285 g/mol. The van der Waals surface area contributed by atoms with Gasteiger partial charge in [-0.2, -0.15) is 0 Å². The Morgan fingerprint density at radius 1 is 1.63 bits per heavy atom. The first kappa shape index (κ1) is 14.1. The molecule has 5 nitrogen and oxygen atoms in total. The molecule has 0 aliphatic carbocycles. The number of ether oxygens (including phenoxy) is 1. The highest BCUT2D eigenvalue weighted by Crippen LogP contribution is 2.23. The summed E-state index contributed by atoms with van der Waals surface area (Å²) in [5.74, 6) is -0.462. The number of nitrogens with zero attached hydrogens (tertiary/aromatic N) is 2. The molecule has 1 unspecified atom stereocenters. The fourth-order valence-corrected chi connectivity index (χ4v) is 2.46. The summed E-state index contributed by atoms with van der Waals surface area (Å²) < 4.78 is 5.62. The van der Waals surface area contributed by atoms with Crippen molar-refractivity contribution in [3.8, 4) is 0 Å². The maximum atomic E-state index is 11.0. The fourth-order valence-electron chi connectivity index (χ4n) is 2.28. The largest absolute Gasteiger partial charge is 0.476 e. The van der Waals surface area contributed by atoms with E-state index in [1.54, 1.807) is 12.1 Å². The minimum atomic E-state index is -1.11. The molecule has 1 fully saturated rings. The second-order valence-electron chi connectivity index (χ2n) is 4.47. The van der Waals surface area contributed by atoms with Gasteiger partial charge in [0.15, 0.2) is 5.69 Å². The van der Waals surface area contributed by atoms with Gasteiger partial charge in [0.05, 0.1) is 11.1 Å². The first-order chi connectivity index (χ1) is 9.11. The van der Waals surface area contributed by atoms with Gasteiger partial charge in [-0.25, -0.2) is 9.78 Å². The van der Waals surface area contributed by atoms with E-state index in [1.807, 2.05) is 11.8 Å². The summed E-state index contributed by atoms with van der Waals surface area (Å²) in [6.07, 6.45) is 2.23. The minimum absolute atomic E-state index is 0.0994. The number of rotatable bonds is 4. The van der Waals surface area contributed by atoms with E-state index in [9.17, 15) is 4.79 Å². The van der Waals surface area contributed by atoms with Crippen LogP contribution >= 0.6 is 11.6 Å². The van der Waals surface area contributed by atoms with Gasteiger partial charge in [-0.3, -0.25) is 0 Å². The highest BCUT2D eigenvalue weighted by Gasteiger charge is 2.22. The second-order valence-corrected chi connectivity index (χ2v) is 4.88. The first-order valence-electron chi connectivity index (χ1n) is 6.38. The monoisotopic (exact) mass is 284 g/mol. The molecule has 0 saturated carbocycles. The van der Waals surface area contributed by atoms with E-state index >= 15 is 0 Å². The van der Waals surface area contributed by atoms with Crippen LogP contribution in [0.1, 0.15) is 30.3 Å². The van der Waals surface area contributed by atoms with E-state index in [1.165, 1.54) is 0 Å². The molecule has 0 bridgehead atoms. The van der Waals surface area contributed by atoms with Gasteiger partial charge in [0.25, 0.3) is 0 Å². The maximum absolute atomic E-state index is 11.0. The lowest BCUT2D eigenvalue weighted by Gasteiger charge is -2.33. The van der Waals surface area contributed by atoms with Crippen LogP contribution in [-0.2, 0) is 4.74 Å². The number of aromatic carboxylic acids is 1.